The molecule has 6 nitrogen and oxygen atoms in total. The normalized spacial score (nSPS) is 20.2. The number of carbonyl (C=O) groups excluding carboxylic acids is 1. The first-order valence-corrected chi connectivity index (χ1v) is 8.40. The predicted molar refractivity (Wildman–Crippen MR) is 78.6 cm³/mol. The van der Waals surface area contributed by atoms with Crippen LogP contribution in [0.2, 0.25) is 0 Å². The third-order valence-electron chi connectivity index (χ3n) is 3.33. The molecule has 1 atom stereocenters. The van der Waals surface area contributed by atoms with Crippen molar-refractivity contribution >= 4 is 16.0 Å². The first-order valence-electron chi connectivity index (χ1n) is 6.96. The van der Waals surface area contributed by atoms with Crippen molar-refractivity contribution in [2.45, 2.75) is 24.8 Å². The van der Waals surface area contributed by atoms with E-state index < -0.39 is 16.0 Å². The SMILES string of the molecule is CCOC(=O)c1ccc(S(=O)(=O)N2CCN[C@@H](C)C2)cc1. The van der Waals surface area contributed by atoms with Crippen LogP contribution in [0.4, 0.5) is 0 Å². The van der Waals surface area contributed by atoms with E-state index in [1.54, 1.807) is 6.92 Å². The molecular weight excluding hydrogens is 292 g/mol. The summed E-state index contributed by atoms with van der Waals surface area (Å²) in [7, 11) is -3.51. The summed E-state index contributed by atoms with van der Waals surface area (Å²) in [6.45, 7) is 5.50. The minimum absolute atomic E-state index is 0.132. The number of rotatable bonds is 4. The third-order valence-corrected chi connectivity index (χ3v) is 5.21. The number of sulfonamides is 1. The Labute approximate surface area is 125 Å². The number of nitrogens with zero attached hydrogens (tertiary/aromatic N) is 1. The second kappa shape index (κ2) is 6.55. The van der Waals surface area contributed by atoms with Gasteiger partial charge in [-0.3, -0.25) is 0 Å². The summed E-state index contributed by atoms with van der Waals surface area (Å²) >= 11 is 0. The fourth-order valence-corrected chi connectivity index (χ4v) is 3.77. The molecule has 0 spiro atoms. The molecule has 1 aliphatic rings. The van der Waals surface area contributed by atoms with Crippen LogP contribution in [0, 0.1) is 0 Å². The van der Waals surface area contributed by atoms with Crippen molar-refractivity contribution in [1.82, 2.24) is 9.62 Å². The van der Waals surface area contributed by atoms with Crippen LogP contribution in [0.5, 0.6) is 0 Å². The smallest absolute Gasteiger partial charge is 0.338 e. The molecule has 1 aromatic rings. The molecule has 0 radical (unpaired) electrons. The first-order chi connectivity index (χ1) is 9.95. The van der Waals surface area contributed by atoms with Crippen LogP contribution < -0.4 is 5.32 Å². The summed E-state index contributed by atoms with van der Waals surface area (Å²) < 4.78 is 31.4. The van der Waals surface area contributed by atoms with Crippen LogP contribution in [-0.2, 0) is 14.8 Å². The summed E-state index contributed by atoms with van der Waals surface area (Å²) in [5.74, 6) is -0.447. The van der Waals surface area contributed by atoms with Gasteiger partial charge >= 0.3 is 5.97 Å². The van der Waals surface area contributed by atoms with E-state index in [2.05, 4.69) is 5.32 Å². The van der Waals surface area contributed by atoms with Crippen molar-refractivity contribution in [2.75, 3.05) is 26.2 Å². The van der Waals surface area contributed by atoms with Crippen molar-refractivity contribution < 1.29 is 17.9 Å². The highest BCUT2D eigenvalue weighted by Crippen LogP contribution is 2.18. The molecule has 0 saturated carbocycles. The number of nitrogens with one attached hydrogen (secondary N) is 1. The zero-order chi connectivity index (χ0) is 15.5. The monoisotopic (exact) mass is 312 g/mol. The molecule has 1 fully saturated rings. The first kappa shape index (κ1) is 15.9. The molecule has 1 saturated heterocycles. The van der Waals surface area contributed by atoms with Crippen molar-refractivity contribution in [1.29, 1.82) is 0 Å². The molecule has 21 heavy (non-hydrogen) atoms. The molecular formula is C14H20N2O4S. The van der Waals surface area contributed by atoms with Crippen molar-refractivity contribution in [3.63, 3.8) is 0 Å². The van der Waals surface area contributed by atoms with Gasteiger partial charge in [0.2, 0.25) is 10.0 Å². The molecule has 2 rings (SSSR count). The summed E-state index contributed by atoms with van der Waals surface area (Å²) in [5.41, 5.74) is 0.351. The van der Waals surface area contributed by atoms with Crippen LogP contribution in [-0.4, -0.2) is 51.0 Å². The number of carbonyl (C=O) groups is 1. The average molecular weight is 312 g/mol. The lowest BCUT2D eigenvalue weighted by molar-refractivity contribution is 0.0526. The van der Waals surface area contributed by atoms with E-state index in [1.807, 2.05) is 6.92 Å². The molecule has 1 heterocycles. The van der Waals surface area contributed by atoms with Gasteiger partial charge in [-0.1, -0.05) is 0 Å². The van der Waals surface area contributed by atoms with Crippen LogP contribution >= 0.6 is 0 Å². The molecule has 0 amide bonds. The Morgan fingerprint density at radius 3 is 2.62 bits per heavy atom. The van der Waals surface area contributed by atoms with Gasteiger partial charge in [-0.2, -0.15) is 4.31 Å². The maximum absolute atomic E-state index is 12.5. The minimum Gasteiger partial charge on any atom is -0.462 e. The minimum atomic E-state index is -3.51. The molecule has 0 bridgehead atoms. The topological polar surface area (TPSA) is 75.7 Å². The van der Waals surface area contributed by atoms with Gasteiger partial charge in [-0.15, -0.1) is 0 Å². The average Bonchev–Trinajstić information content (AvgIpc) is 2.47. The highest BCUT2D eigenvalue weighted by atomic mass is 32.2. The van der Waals surface area contributed by atoms with Gasteiger partial charge in [0, 0.05) is 25.7 Å². The van der Waals surface area contributed by atoms with Gasteiger partial charge in [0.15, 0.2) is 0 Å². The fourth-order valence-electron chi connectivity index (χ4n) is 2.24. The van der Waals surface area contributed by atoms with Gasteiger partial charge in [0.25, 0.3) is 0 Å². The number of esters is 1. The second-order valence-corrected chi connectivity index (χ2v) is 6.90. The van der Waals surface area contributed by atoms with E-state index in [1.165, 1.54) is 28.6 Å². The van der Waals surface area contributed by atoms with Gasteiger partial charge < -0.3 is 10.1 Å². The molecule has 116 valence electrons. The highest BCUT2D eigenvalue weighted by molar-refractivity contribution is 7.89. The standard InChI is InChI=1S/C14H20N2O4S/c1-3-20-14(17)12-4-6-13(7-5-12)21(18,19)16-9-8-15-11(2)10-16/h4-7,11,15H,3,8-10H2,1-2H3/t11-/m0/s1. The van der Waals surface area contributed by atoms with E-state index in [0.717, 1.165) is 0 Å². The Morgan fingerprint density at radius 1 is 1.38 bits per heavy atom. The summed E-state index contributed by atoms with van der Waals surface area (Å²) in [6.07, 6.45) is 0. The Hall–Kier alpha value is -1.44. The van der Waals surface area contributed by atoms with E-state index in [4.69, 9.17) is 4.74 Å². The Balaban J connectivity index is 2.19. The summed E-state index contributed by atoms with van der Waals surface area (Å²) in [6, 6.07) is 6.00. The lowest BCUT2D eigenvalue weighted by Gasteiger charge is -2.31. The number of benzene rings is 1. The largest absolute Gasteiger partial charge is 0.462 e. The number of hydrogen-bond acceptors (Lipinski definition) is 5. The second-order valence-electron chi connectivity index (χ2n) is 4.96. The fraction of sp³-hybridized carbons (Fsp3) is 0.500. The van der Waals surface area contributed by atoms with Gasteiger partial charge in [0.05, 0.1) is 17.1 Å². The van der Waals surface area contributed by atoms with Crippen LogP contribution in [0.1, 0.15) is 24.2 Å². The Morgan fingerprint density at radius 2 is 2.05 bits per heavy atom. The molecule has 1 aromatic carbocycles. The summed E-state index contributed by atoms with van der Waals surface area (Å²) in [5, 5.41) is 3.21. The maximum atomic E-state index is 12.5. The zero-order valence-corrected chi connectivity index (χ0v) is 13.0. The molecule has 0 unspecified atom stereocenters. The van der Waals surface area contributed by atoms with Crippen molar-refractivity contribution in [3.8, 4) is 0 Å². The van der Waals surface area contributed by atoms with Crippen LogP contribution in [0.15, 0.2) is 29.2 Å². The Kier molecular flexibility index (Phi) is 4.97. The summed E-state index contributed by atoms with van der Waals surface area (Å²) in [4.78, 5) is 11.8. The van der Waals surface area contributed by atoms with E-state index >= 15 is 0 Å². The predicted octanol–water partition coefficient (Wildman–Crippen LogP) is 0.846. The molecule has 1 aliphatic heterocycles. The van der Waals surface area contributed by atoms with Crippen LogP contribution in [0.3, 0.4) is 0 Å². The number of piperazine rings is 1. The molecule has 0 aromatic heterocycles. The highest BCUT2D eigenvalue weighted by Gasteiger charge is 2.28. The van der Waals surface area contributed by atoms with Gasteiger partial charge in [-0.05, 0) is 38.1 Å². The number of ether oxygens (including phenoxy) is 1. The molecule has 1 N–H and O–H groups in total. The lowest BCUT2D eigenvalue weighted by Crippen LogP contribution is -2.51. The van der Waals surface area contributed by atoms with E-state index in [0.29, 0.717) is 25.2 Å². The number of hydrogen-bond donors (Lipinski definition) is 1. The van der Waals surface area contributed by atoms with Gasteiger partial charge in [-0.25, -0.2) is 13.2 Å². The maximum Gasteiger partial charge on any atom is 0.338 e. The Bertz CT molecular complexity index is 598. The quantitative estimate of drug-likeness (QED) is 0.834. The molecule has 0 aliphatic carbocycles. The molecule has 7 heteroatoms. The van der Waals surface area contributed by atoms with Gasteiger partial charge in [0.1, 0.15) is 0 Å². The van der Waals surface area contributed by atoms with E-state index in [-0.39, 0.29) is 17.5 Å². The zero-order valence-electron chi connectivity index (χ0n) is 12.2. The van der Waals surface area contributed by atoms with Crippen molar-refractivity contribution in [2.24, 2.45) is 0 Å². The lowest BCUT2D eigenvalue weighted by atomic mass is 10.2. The van der Waals surface area contributed by atoms with Crippen LogP contribution in [0.25, 0.3) is 0 Å². The third kappa shape index (κ3) is 3.61. The van der Waals surface area contributed by atoms with Crippen molar-refractivity contribution in [3.05, 3.63) is 29.8 Å². The van der Waals surface area contributed by atoms with E-state index in [9.17, 15) is 13.2 Å².